The summed E-state index contributed by atoms with van der Waals surface area (Å²) >= 11 is 0. The zero-order valence-electron chi connectivity index (χ0n) is 43.9. The van der Waals surface area contributed by atoms with Crippen molar-refractivity contribution >= 4 is 5.91 Å². The van der Waals surface area contributed by atoms with Gasteiger partial charge in [0, 0.05) is 6.42 Å². The molecule has 1 amide bonds. The maximum atomic E-state index is 13.0. The van der Waals surface area contributed by atoms with E-state index in [9.17, 15) is 30.3 Å². The molecule has 9 nitrogen and oxygen atoms in total. The molecule has 9 heteroatoms. The minimum atomic E-state index is -1.57. The smallest absolute Gasteiger partial charge is 0.220 e. The van der Waals surface area contributed by atoms with Crippen molar-refractivity contribution in [2.24, 2.45) is 0 Å². The van der Waals surface area contributed by atoms with Gasteiger partial charge in [0.15, 0.2) is 6.29 Å². The lowest BCUT2D eigenvalue weighted by Gasteiger charge is -2.40. The van der Waals surface area contributed by atoms with E-state index in [4.69, 9.17) is 9.47 Å². The van der Waals surface area contributed by atoms with Gasteiger partial charge < -0.3 is 40.3 Å². The molecule has 67 heavy (non-hydrogen) atoms. The van der Waals surface area contributed by atoms with Crippen molar-refractivity contribution in [3.8, 4) is 0 Å². The molecule has 0 aromatic rings. The average molecular weight is 951 g/mol. The molecule has 1 heterocycles. The number of nitrogens with one attached hydrogen (secondary N) is 1. The van der Waals surface area contributed by atoms with Gasteiger partial charge in [-0.1, -0.05) is 269 Å². The number of carbonyl (C=O) groups is 1. The number of ether oxygens (including phenoxy) is 2. The van der Waals surface area contributed by atoms with Crippen molar-refractivity contribution in [3.63, 3.8) is 0 Å². The number of carbonyl (C=O) groups excluding carboxylic acids is 1. The largest absolute Gasteiger partial charge is 0.394 e. The molecule has 0 aromatic heterocycles. The van der Waals surface area contributed by atoms with Crippen LogP contribution < -0.4 is 5.32 Å². The molecule has 0 saturated carbocycles. The van der Waals surface area contributed by atoms with Crippen molar-refractivity contribution in [1.29, 1.82) is 0 Å². The number of allylic oxidation sites excluding steroid dienone is 3. The van der Waals surface area contributed by atoms with E-state index in [0.717, 1.165) is 38.5 Å². The second-order valence-electron chi connectivity index (χ2n) is 20.4. The molecule has 0 spiro atoms. The van der Waals surface area contributed by atoms with Crippen LogP contribution in [0.1, 0.15) is 284 Å². The van der Waals surface area contributed by atoms with Crippen LogP contribution in [0.3, 0.4) is 0 Å². The highest BCUT2D eigenvalue weighted by Gasteiger charge is 2.44. The van der Waals surface area contributed by atoms with E-state index in [-0.39, 0.29) is 12.5 Å². The summed E-state index contributed by atoms with van der Waals surface area (Å²) in [7, 11) is 0. The van der Waals surface area contributed by atoms with Crippen LogP contribution in [-0.4, -0.2) is 87.5 Å². The third-order valence-corrected chi connectivity index (χ3v) is 14.0. The Balaban J connectivity index is 2.24. The number of rotatable bonds is 50. The van der Waals surface area contributed by atoms with Gasteiger partial charge in [-0.15, -0.1) is 0 Å². The Labute approximate surface area is 413 Å². The summed E-state index contributed by atoms with van der Waals surface area (Å²) in [4.78, 5) is 13.0. The van der Waals surface area contributed by atoms with Crippen LogP contribution in [0.15, 0.2) is 24.3 Å². The monoisotopic (exact) mass is 950 g/mol. The van der Waals surface area contributed by atoms with Gasteiger partial charge in [0.1, 0.15) is 24.4 Å². The van der Waals surface area contributed by atoms with E-state index in [0.29, 0.717) is 6.42 Å². The standard InChI is InChI=1S/C58H111NO8/c1-3-5-7-9-11-13-15-17-19-21-23-25-26-28-29-31-33-35-37-39-41-43-45-47-52(61)51(50-66-58-57(65)56(64)55(63)53(49-60)67-58)59-54(62)48-46-44-42-40-38-36-34-32-30-27-24-22-20-18-16-14-12-10-8-6-4-2/h37,39,45,47,51-53,55-58,60-61,63-65H,3-36,38,40-44,46,48-50H2,1-2H3,(H,59,62)/b39-37+,47-45+. The highest BCUT2D eigenvalue weighted by molar-refractivity contribution is 5.76. The van der Waals surface area contributed by atoms with Crippen molar-refractivity contribution < 1.29 is 39.8 Å². The molecule has 1 saturated heterocycles. The average Bonchev–Trinajstić information content (AvgIpc) is 3.33. The lowest BCUT2D eigenvalue weighted by Crippen LogP contribution is -2.60. The van der Waals surface area contributed by atoms with Gasteiger partial charge in [-0.25, -0.2) is 0 Å². The summed E-state index contributed by atoms with van der Waals surface area (Å²) < 4.78 is 11.3. The minimum absolute atomic E-state index is 0.181. The lowest BCUT2D eigenvalue weighted by atomic mass is 9.99. The molecule has 1 aliphatic rings. The zero-order valence-corrected chi connectivity index (χ0v) is 43.9. The topological polar surface area (TPSA) is 149 Å². The zero-order chi connectivity index (χ0) is 48.7. The predicted octanol–water partition coefficient (Wildman–Crippen LogP) is 14.2. The van der Waals surface area contributed by atoms with E-state index in [2.05, 4.69) is 31.3 Å². The number of unbranched alkanes of at least 4 members (excludes halogenated alkanes) is 38. The number of amides is 1. The Morgan fingerprint density at radius 1 is 0.493 bits per heavy atom. The Kier molecular flexibility index (Phi) is 45.9. The number of hydrogen-bond acceptors (Lipinski definition) is 8. The molecule has 396 valence electrons. The van der Waals surface area contributed by atoms with E-state index in [1.165, 1.54) is 225 Å². The number of aliphatic hydroxyl groups excluding tert-OH is 5. The van der Waals surface area contributed by atoms with Gasteiger partial charge in [-0.05, 0) is 32.1 Å². The molecule has 1 rings (SSSR count). The van der Waals surface area contributed by atoms with Crippen LogP contribution in [0, 0.1) is 0 Å². The third-order valence-electron chi connectivity index (χ3n) is 14.0. The maximum Gasteiger partial charge on any atom is 0.220 e. The van der Waals surface area contributed by atoms with Crippen molar-refractivity contribution in [3.05, 3.63) is 24.3 Å². The SMILES string of the molecule is CCCCCCCCCCCCCCCCCCC/C=C/CC/C=C/C(O)C(COC1OC(CO)C(O)C(O)C1O)NC(=O)CCCCCCCCCCCCCCCCCCCCCCC. The van der Waals surface area contributed by atoms with Crippen LogP contribution >= 0.6 is 0 Å². The molecule has 6 N–H and O–H groups in total. The maximum absolute atomic E-state index is 13.0. The minimum Gasteiger partial charge on any atom is -0.394 e. The summed E-state index contributed by atoms with van der Waals surface area (Å²) in [5.74, 6) is -0.181. The van der Waals surface area contributed by atoms with Gasteiger partial charge in [0.05, 0.1) is 25.4 Å². The number of aliphatic hydroxyl groups is 5. The molecule has 0 bridgehead atoms. The van der Waals surface area contributed by atoms with E-state index >= 15 is 0 Å². The first-order chi connectivity index (χ1) is 32.8. The molecular weight excluding hydrogens is 839 g/mol. The predicted molar refractivity (Wildman–Crippen MR) is 281 cm³/mol. The van der Waals surface area contributed by atoms with Gasteiger partial charge in [0.25, 0.3) is 0 Å². The van der Waals surface area contributed by atoms with Gasteiger partial charge in [-0.2, -0.15) is 0 Å². The first-order valence-electron chi connectivity index (χ1n) is 29.1. The van der Waals surface area contributed by atoms with Gasteiger partial charge >= 0.3 is 0 Å². The Morgan fingerprint density at radius 3 is 1.25 bits per heavy atom. The molecule has 7 atom stereocenters. The fourth-order valence-electron chi connectivity index (χ4n) is 9.41. The molecular formula is C58H111NO8. The van der Waals surface area contributed by atoms with Crippen LogP contribution in [0.25, 0.3) is 0 Å². The fraction of sp³-hybridized carbons (Fsp3) is 0.914. The quantitative estimate of drug-likeness (QED) is 0.0261. The normalized spacial score (nSPS) is 19.8. The van der Waals surface area contributed by atoms with E-state index < -0.39 is 49.5 Å². The fourth-order valence-corrected chi connectivity index (χ4v) is 9.41. The molecule has 0 radical (unpaired) electrons. The second kappa shape index (κ2) is 48.3. The van der Waals surface area contributed by atoms with Crippen LogP contribution in [0.4, 0.5) is 0 Å². The van der Waals surface area contributed by atoms with Crippen molar-refractivity contribution in [2.75, 3.05) is 13.2 Å². The summed E-state index contributed by atoms with van der Waals surface area (Å²) in [6, 6.07) is -0.818. The Hall–Kier alpha value is -1.33. The Bertz CT molecular complexity index is 1100. The number of hydrogen-bond donors (Lipinski definition) is 6. The third kappa shape index (κ3) is 38.1. The first-order valence-corrected chi connectivity index (χ1v) is 29.1. The molecule has 1 aliphatic heterocycles. The summed E-state index contributed by atoms with van der Waals surface area (Å²) in [6.07, 6.45) is 53.9. The summed E-state index contributed by atoms with van der Waals surface area (Å²) in [5, 5.41) is 54.5. The molecule has 7 unspecified atom stereocenters. The lowest BCUT2D eigenvalue weighted by molar-refractivity contribution is -0.302. The van der Waals surface area contributed by atoms with E-state index in [1.54, 1.807) is 6.08 Å². The van der Waals surface area contributed by atoms with E-state index in [1.807, 2.05) is 6.08 Å². The first kappa shape index (κ1) is 63.7. The summed E-state index contributed by atoms with van der Waals surface area (Å²) in [6.45, 7) is 3.80. The highest BCUT2D eigenvalue weighted by Crippen LogP contribution is 2.23. The molecule has 0 aliphatic carbocycles. The summed E-state index contributed by atoms with van der Waals surface area (Å²) in [5.41, 5.74) is 0. The highest BCUT2D eigenvalue weighted by atomic mass is 16.7. The molecule has 0 aromatic carbocycles. The van der Waals surface area contributed by atoms with Gasteiger partial charge in [-0.3, -0.25) is 4.79 Å². The van der Waals surface area contributed by atoms with Crippen molar-refractivity contribution in [1.82, 2.24) is 5.32 Å². The van der Waals surface area contributed by atoms with Crippen LogP contribution in [-0.2, 0) is 14.3 Å². The van der Waals surface area contributed by atoms with Crippen LogP contribution in [0.5, 0.6) is 0 Å². The Morgan fingerprint density at radius 2 is 0.851 bits per heavy atom. The van der Waals surface area contributed by atoms with Crippen LogP contribution in [0.2, 0.25) is 0 Å². The second-order valence-corrected chi connectivity index (χ2v) is 20.4. The van der Waals surface area contributed by atoms with Gasteiger partial charge in [0.2, 0.25) is 5.91 Å². The van der Waals surface area contributed by atoms with Crippen molar-refractivity contribution in [2.45, 2.75) is 326 Å². The molecule has 1 fully saturated rings.